The van der Waals surface area contributed by atoms with Crippen molar-refractivity contribution < 1.29 is 9.13 Å². The SMILES string of the molecule is COc1c[nH]c2nc(-c3ccc(F)cc3)c(-c3cc(C)nc(Cl)c3)nc2c1=O. The summed E-state index contributed by atoms with van der Waals surface area (Å²) in [7, 11) is 1.41. The van der Waals surface area contributed by atoms with Crippen LogP contribution in [-0.4, -0.2) is 27.0 Å². The van der Waals surface area contributed by atoms with E-state index in [0.29, 0.717) is 39.0 Å². The Morgan fingerprint density at radius 2 is 1.75 bits per heavy atom. The van der Waals surface area contributed by atoms with Gasteiger partial charge in [-0.15, -0.1) is 0 Å². The number of methoxy groups -OCH3 is 1. The number of aryl methyl sites for hydroxylation is 1. The van der Waals surface area contributed by atoms with Crippen LogP contribution in [0.1, 0.15) is 5.69 Å². The molecule has 4 rings (SSSR count). The molecule has 0 saturated carbocycles. The zero-order chi connectivity index (χ0) is 19.8. The Bertz CT molecular complexity index is 1240. The van der Waals surface area contributed by atoms with E-state index in [-0.39, 0.29) is 22.5 Å². The lowest BCUT2D eigenvalue weighted by Gasteiger charge is -2.11. The molecular weight excluding hydrogens is 383 g/mol. The summed E-state index contributed by atoms with van der Waals surface area (Å²) in [5.74, 6) is -0.230. The summed E-state index contributed by atoms with van der Waals surface area (Å²) in [6, 6.07) is 9.33. The van der Waals surface area contributed by atoms with Gasteiger partial charge in [0.25, 0.3) is 5.43 Å². The Balaban J connectivity index is 2.08. The van der Waals surface area contributed by atoms with E-state index in [1.165, 1.54) is 25.4 Å². The molecule has 8 heteroatoms. The predicted octanol–water partition coefficient (Wildman–Crippen LogP) is 4.16. The Morgan fingerprint density at radius 1 is 1.04 bits per heavy atom. The second-order valence-electron chi connectivity index (χ2n) is 6.13. The molecule has 3 aromatic heterocycles. The number of fused-ring (bicyclic) bond motifs is 1. The molecule has 1 N–H and O–H groups in total. The zero-order valence-electron chi connectivity index (χ0n) is 15.0. The van der Waals surface area contributed by atoms with Gasteiger partial charge in [-0.1, -0.05) is 11.6 Å². The van der Waals surface area contributed by atoms with Crippen LogP contribution in [0.4, 0.5) is 4.39 Å². The number of rotatable bonds is 3. The maximum absolute atomic E-state index is 13.4. The van der Waals surface area contributed by atoms with E-state index in [1.54, 1.807) is 31.2 Å². The van der Waals surface area contributed by atoms with Crippen molar-refractivity contribution in [2.45, 2.75) is 6.92 Å². The lowest BCUT2D eigenvalue weighted by Crippen LogP contribution is -2.10. The highest BCUT2D eigenvalue weighted by Gasteiger charge is 2.17. The first-order valence-corrected chi connectivity index (χ1v) is 8.72. The van der Waals surface area contributed by atoms with Crippen molar-refractivity contribution in [2.75, 3.05) is 7.11 Å². The number of benzene rings is 1. The van der Waals surface area contributed by atoms with Crippen molar-refractivity contribution in [1.29, 1.82) is 0 Å². The van der Waals surface area contributed by atoms with Crippen LogP contribution >= 0.6 is 11.6 Å². The van der Waals surface area contributed by atoms with E-state index < -0.39 is 0 Å². The molecule has 0 aliphatic carbocycles. The minimum atomic E-state index is -0.382. The van der Waals surface area contributed by atoms with Gasteiger partial charge in [0.1, 0.15) is 11.0 Å². The van der Waals surface area contributed by atoms with Gasteiger partial charge in [-0.05, 0) is 43.3 Å². The monoisotopic (exact) mass is 396 g/mol. The number of H-pyrrole nitrogens is 1. The van der Waals surface area contributed by atoms with Crippen LogP contribution in [0.3, 0.4) is 0 Å². The van der Waals surface area contributed by atoms with Crippen LogP contribution in [-0.2, 0) is 0 Å². The van der Waals surface area contributed by atoms with E-state index in [9.17, 15) is 9.18 Å². The molecule has 4 aromatic rings. The molecule has 0 atom stereocenters. The molecule has 0 amide bonds. The molecule has 0 spiro atoms. The van der Waals surface area contributed by atoms with Crippen LogP contribution in [0.25, 0.3) is 33.7 Å². The fourth-order valence-electron chi connectivity index (χ4n) is 2.94. The summed E-state index contributed by atoms with van der Waals surface area (Å²) in [5.41, 5.74) is 2.94. The first-order valence-electron chi connectivity index (χ1n) is 8.34. The highest BCUT2D eigenvalue weighted by Crippen LogP contribution is 2.31. The summed E-state index contributed by atoms with van der Waals surface area (Å²) >= 11 is 6.12. The molecule has 140 valence electrons. The zero-order valence-corrected chi connectivity index (χ0v) is 15.7. The quantitative estimate of drug-likeness (QED) is 0.526. The highest BCUT2D eigenvalue weighted by atomic mass is 35.5. The van der Waals surface area contributed by atoms with Gasteiger partial charge in [-0.2, -0.15) is 0 Å². The summed E-state index contributed by atoms with van der Waals surface area (Å²) in [4.78, 5) is 28.9. The Hall–Kier alpha value is -3.32. The Morgan fingerprint density at radius 3 is 2.43 bits per heavy atom. The van der Waals surface area contributed by atoms with Crippen LogP contribution in [0.5, 0.6) is 5.75 Å². The minimum Gasteiger partial charge on any atom is -0.491 e. The van der Waals surface area contributed by atoms with Gasteiger partial charge < -0.3 is 9.72 Å². The molecule has 3 heterocycles. The van der Waals surface area contributed by atoms with Crippen LogP contribution in [0.2, 0.25) is 5.15 Å². The molecule has 0 aliphatic rings. The average Bonchev–Trinajstić information content (AvgIpc) is 2.67. The smallest absolute Gasteiger partial charge is 0.251 e. The molecule has 0 unspecified atom stereocenters. The van der Waals surface area contributed by atoms with E-state index in [0.717, 1.165) is 0 Å². The van der Waals surface area contributed by atoms with Crippen LogP contribution in [0, 0.1) is 12.7 Å². The number of hydrogen-bond acceptors (Lipinski definition) is 5. The number of aromatic nitrogens is 4. The summed E-state index contributed by atoms with van der Waals surface area (Å²) in [6.45, 7) is 1.80. The Labute approximate surface area is 164 Å². The average molecular weight is 397 g/mol. The van der Waals surface area contributed by atoms with E-state index in [2.05, 4.69) is 19.9 Å². The standard InChI is InChI=1S/C20H14ClFN4O2/c1-10-7-12(8-15(21)24-10)17-16(11-3-5-13(22)6-4-11)26-20-18(25-17)19(27)14(28-2)9-23-20/h3-9H,1-2H3,(H,23,26,27). The number of ether oxygens (including phenoxy) is 1. The van der Waals surface area contributed by atoms with Gasteiger partial charge in [0.2, 0.25) is 0 Å². The van der Waals surface area contributed by atoms with Crippen molar-refractivity contribution in [3.05, 3.63) is 69.5 Å². The maximum atomic E-state index is 13.4. The fourth-order valence-corrected chi connectivity index (χ4v) is 3.19. The number of aromatic amines is 1. The van der Waals surface area contributed by atoms with Crippen molar-refractivity contribution in [1.82, 2.24) is 19.9 Å². The molecule has 0 radical (unpaired) electrons. The minimum absolute atomic E-state index is 0.130. The van der Waals surface area contributed by atoms with Crippen LogP contribution in [0.15, 0.2) is 47.4 Å². The first-order chi connectivity index (χ1) is 13.5. The van der Waals surface area contributed by atoms with Gasteiger partial charge in [-0.25, -0.2) is 19.3 Å². The molecule has 0 aliphatic heterocycles. The third-order valence-corrected chi connectivity index (χ3v) is 4.40. The fraction of sp³-hybridized carbons (Fsp3) is 0.100. The number of halogens is 2. The molecule has 1 aromatic carbocycles. The van der Waals surface area contributed by atoms with Crippen molar-refractivity contribution >= 4 is 22.8 Å². The summed E-state index contributed by atoms with van der Waals surface area (Å²) < 4.78 is 18.5. The van der Waals surface area contributed by atoms with Gasteiger partial charge in [-0.3, -0.25) is 4.79 Å². The molecular formula is C20H14ClFN4O2. The largest absolute Gasteiger partial charge is 0.491 e. The van der Waals surface area contributed by atoms with Gasteiger partial charge in [0, 0.05) is 23.0 Å². The number of pyridine rings is 2. The van der Waals surface area contributed by atoms with E-state index >= 15 is 0 Å². The third kappa shape index (κ3) is 3.20. The maximum Gasteiger partial charge on any atom is 0.251 e. The molecule has 28 heavy (non-hydrogen) atoms. The molecule has 0 bridgehead atoms. The van der Waals surface area contributed by atoms with Crippen molar-refractivity contribution in [3.63, 3.8) is 0 Å². The number of nitrogens with zero attached hydrogens (tertiary/aromatic N) is 3. The predicted molar refractivity (Wildman–Crippen MR) is 105 cm³/mol. The summed E-state index contributed by atoms with van der Waals surface area (Å²) in [5, 5.41) is 0.293. The second kappa shape index (κ2) is 7.01. The van der Waals surface area contributed by atoms with Gasteiger partial charge >= 0.3 is 0 Å². The van der Waals surface area contributed by atoms with Gasteiger partial charge in [0.05, 0.1) is 18.5 Å². The number of hydrogen-bond donors (Lipinski definition) is 1. The first kappa shape index (κ1) is 18.1. The lowest BCUT2D eigenvalue weighted by atomic mass is 10.0. The Kier molecular flexibility index (Phi) is 4.52. The third-order valence-electron chi connectivity index (χ3n) is 4.21. The van der Waals surface area contributed by atoms with E-state index in [1.807, 2.05) is 0 Å². The molecule has 6 nitrogen and oxygen atoms in total. The van der Waals surface area contributed by atoms with Crippen LogP contribution < -0.4 is 10.2 Å². The van der Waals surface area contributed by atoms with Crippen molar-refractivity contribution in [2.24, 2.45) is 0 Å². The van der Waals surface area contributed by atoms with Crippen molar-refractivity contribution in [3.8, 4) is 28.3 Å². The second-order valence-corrected chi connectivity index (χ2v) is 6.52. The lowest BCUT2D eigenvalue weighted by molar-refractivity contribution is 0.410. The summed E-state index contributed by atoms with van der Waals surface area (Å²) in [6.07, 6.45) is 1.43. The van der Waals surface area contributed by atoms with E-state index in [4.69, 9.17) is 16.3 Å². The molecule has 0 saturated heterocycles. The molecule has 0 fully saturated rings. The normalized spacial score (nSPS) is 11.0. The topological polar surface area (TPSA) is 80.8 Å². The van der Waals surface area contributed by atoms with Gasteiger partial charge in [0.15, 0.2) is 16.9 Å². The number of nitrogens with one attached hydrogen (secondary N) is 1. The highest BCUT2D eigenvalue weighted by molar-refractivity contribution is 6.29.